The van der Waals surface area contributed by atoms with Gasteiger partial charge in [0.25, 0.3) is 0 Å². The molecule has 1 atom stereocenters. The van der Waals surface area contributed by atoms with Crippen LogP contribution in [0.2, 0.25) is 0 Å². The topological polar surface area (TPSA) is 55.0 Å². The van der Waals surface area contributed by atoms with Gasteiger partial charge < -0.3 is 10.6 Å². The van der Waals surface area contributed by atoms with Gasteiger partial charge in [0, 0.05) is 25.5 Å². The van der Waals surface area contributed by atoms with Gasteiger partial charge in [-0.2, -0.15) is 0 Å². The molecule has 1 saturated heterocycles. The second-order valence-corrected chi connectivity index (χ2v) is 5.63. The van der Waals surface area contributed by atoms with Crippen LogP contribution in [-0.2, 0) is 0 Å². The van der Waals surface area contributed by atoms with Crippen molar-refractivity contribution in [2.24, 2.45) is 11.7 Å². The van der Waals surface area contributed by atoms with Gasteiger partial charge in [-0.1, -0.05) is 12.8 Å². The molecule has 1 unspecified atom stereocenters. The Morgan fingerprint density at radius 2 is 1.89 bits per heavy atom. The third-order valence-corrected chi connectivity index (χ3v) is 4.39. The SMILES string of the molecule is NCC1CCN(c2ncc(C3CCCC3)cn2)C1. The van der Waals surface area contributed by atoms with E-state index in [9.17, 15) is 0 Å². The van der Waals surface area contributed by atoms with E-state index in [1.807, 2.05) is 12.4 Å². The molecule has 1 aromatic heterocycles. The number of rotatable bonds is 3. The van der Waals surface area contributed by atoms with Gasteiger partial charge >= 0.3 is 0 Å². The normalized spacial score (nSPS) is 24.9. The summed E-state index contributed by atoms with van der Waals surface area (Å²) < 4.78 is 0. The molecule has 2 aliphatic rings. The lowest BCUT2D eigenvalue weighted by Gasteiger charge is -2.17. The first-order valence-corrected chi connectivity index (χ1v) is 7.14. The zero-order chi connectivity index (χ0) is 12.4. The monoisotopic (exact) mass is 246 g/mol. The molecule has 0 aromatic carbocycles. The Bertz CT molecular complexity index is 383. The van der Waals surface area contributed by atoms with E-state index >= 15 is 0 Å². The van der Waals surface area contributed by atoms with E-state index in [-0.39, 0.29) is 0 Å². The van der Waals surface area contributed by atoms with Gasteiger partial charge in [-0.05, 0) is 43.2 Å². The highest BCUT2D eigenvalue weighted by atomic mass is 15.3. The minimum absolute atomic E-state index is 0.614. The molecule has 4 nitrogen and oxygen atoms in total. The minimum atomic E-state index is 0.614. The van der Waals surface area contributed by atoms with Crippen LogP contribution in [0, 0.1) is 5.92 Å². The minimum Gasteiger partial charge on any atom is -0.340 e. The van der Waals surface area contributed by atoms with Crippen molar-refractivity contribution in [2.75, 3.05) is 24.5 Å². The summed E-state index contributed by atoms with van der Waals surface area (Å²) in [7, 11) is 0. The Morgan fingerprint density at radius 3 is 2.50 bits per heavy atom. The van der Waals surface area contributed by atoms with Crippen LogP contribution in [0.4, 0.5) is 5.95 Å². The third kappa shape index (κ3) is 2.34. The van der Waals surface area contributed by atoms with Gasteiger partial charge in [-0.15, -0.1) is 0 Å². The molecule has 2 heterocycles. The molecule has 0 spiro atoms. The Labute approximate surface area is 109 Å². The fourth-order valence-electron chi connectivity index (χ4n) is 3.17. The summed E-state index contributed by atoms with van der Waals surface area (Å²) in [5.74, 6) is 2.20. The average Bonchev–Trinajstić information content (AvgIpc) is 3.10. The maximum Gasteiger partial charge on any atom is 0.225 e. The Hall–Kier alpha value is -1.16. The van der Waals surface area contributed by atoms with Crippen LogP contribution in [0.15, 0.2) is 12.4 Å². The van der Waals surface area contributed by atoms with Crippen LogP contribution in [0.1, 0.15) is 43.6 Å². The lowest BCUT2D eigenvalue weighted by molar-refractivity contribution is 0.601. The van der Waals surface area contributed by atoms with E-state index in [4.69, 9.17) is 5.73 Å². The molecule has 2 fully saturated rings. The quantitative estimate of drug-likeness (QED) is 0.885. The summed E-state index contributed by atoms with van der Waals surface area (Å²) in [6.07, 6.45) is 10.6. The molecule has 0 radical (unpaired) electrons. The zero-order valence-corrected chi connectivity index (χ0v) is 10.9. The van der Waals surface area contributed by atoms with Gasteiger partial charge in [0.15, 0.2) is 0 Å². The van der Waals surface area contributed by atoms with Crippen molar-refractivity contribution in [3.63, 3.8) is 0 Å². The lowest BCUT2D eigenvalue weighted by Crippen LogP contribution is -2.24. The van der Waals surface area contributed by atoms with E-state index in [1.54, 1.807) is 0 Å². The number of anilines is 1. The standard InChI is InChI=1S/C14H22N4/c15-7-11-5-6-18(10-11)14-16-8-13(9-17-14)12-3-1-2-4-12/h8-9,11-12H,1-7,10,15H2. The van der Waals surface area contributed by atoms with Gasteiger partial charge in [0.1, 0.15) is 0 Å². The first-order chi connectivity index (χ1) is 8.86. The lowest BCUT2D eigenvalue weighted by atomic mass is 10.0. The van der Waals surface area contributed by atoms with E-state index < -0.39 is 0 Å². The van der Waals surface area contributed by atoms with Gasteiger partial charge in [-0.25, -0.2) is 9.97 Å². The molecule has 1 aliphatic carbocycles. The summed E-state index contributed by atoms with van der Waals surface area (Å²) in [6.45, 7) is 2.83. The molecular formula is C14H22N4. The van der Waals surface area contributed by atoms with Crippen molar-refractivity contribution >= 4 is 5.95 Å². The fourth-order valence-corrected chi connectivity index (χ4v) is 3.17. The van der Waals surface area contributed by atoms with Crippen molar-refractivity contribution in [2.45, 2.75) is 38.0 Å². The number of nitrogens with two attached hydrogens (primary N) is 1. The number of hydrogen-bond donors (Lipinski definition) is 1. The summed E-state index contributed by atoms with van der Waals surface area (Å²) >= 11 is 0. The van der Waals surface area contributed by atoms with E-state index in [2.05, 4.69) is 14.9 Å². The second-order valence-electron chi connectivity index (χ2n) is 5.63. The molecule has 3 rings (SSSR count). The largest absolute Gasteiger partial charge is 0.340 e. The van der Waals surface area contributed by atoms with Gasteiger partial charge in [-0.3, -0.25) is 0 Å². The summed E-state index contributed by atoms with van der Waals surface area (Å²) in [5, 5.41) is 0. The predicted octanol–water partition coefficient (Wildman–Crippen LogP) is 1.92. The molecular weight excluding hydrogens is 224 g/mol. The third-order valence-electron chi connectivity index (χ3n) is 4.39. The second kappa shape index (κ2) is 5.22. The fraction of sp³-hybridized carbons (Fsp3) is 0.714. The highest BCUT2D eigenvalue weighted by Crippen LogP contribution is 2.33. The van der Waals surface area contributed by atoms with Crippen LogP contribution in [0.5, 0.6) is 0 Å². The van der Waals surface area contributed by atoms with Crippen molar-refractivity contribution < 1.29 is 0 Å². The van der Waals surface area contributed by atoms with E-state index in [0.29, 0.717) is 11.8 Å². The molecule has 98 valence electrons. The Kier molecular flexibility index (Phi) is 3.46. The summed E-state index contributed by atoms with van der Waals surface area (Å²) in [4.78, 5) is 11.4. The maximum atomic E-state index is 5.71. The Balaban J connectivity index is 1.67. The molecule has 0 amide bonds. The molecule has 18 heavy (non-hydrogen) atoms. The first kappa shape index (κ1) is 11.9. The van der Waals surface area contributed by atoms with Crippen molar-refractivity contribution in [1.29, 1.82) is 0 Å². The van der Waals surface area contributed by atoms with Crippen molar-refractivity contribution in [1.82, 2.24) is 9.97 Å². The van der Waals surface area contributed by atoms with Gasteiger partial charge in [0.05, 0.1) is 0 Å². The molecule has 1 aromatic rings. The molecule has 1 saturated carbocycles. The van der Waals surface area contributed by atoms with E-state index in [0.717, 1.165) is 25.6 Å². The van der Waals surface area contributed by atoms with Crippen LogP contribution < -0.4 is 10.6 Å². The highest BCUT2D eigenvalue weighted by molar-refractivity contribution is 5.32. The molecule has 2 N–H and O–H groups in total. The zero-order valence-electron chi connectivity index (χ0n) is 10.9. The van der Waals surface area contributed by atoms with Crippen molar-refractivity contribution in [3.05, 3.63) is 18.0 Å². The van der Waals surface area contributed by atoms with Gasteiger partial charge in [0.2, 0.25) is 5.95 Å². The predicted molar refractivity (Wildman–Crippen MR) is 72.6 cm³/mol. The summed E-state index contributed by atoms with van der Waals surface area (Å²) in [5.41, 5.74) is 7.04. The summed E-state index contributed by atoms with van der Waals surface area (Å²) in [6, 6.07) is 0. The van der Waals surface area contributed by atoms with Crippen LogP contribution in [-0.4, -0.2) is 29.6 Å². The average molecular weight is 246 g/mol. The molecule has 1 aliphatic heterocycles. The van der Waals surface area contributed by atoms with Crippen LogP contribution in [0.25, 0.3) is 0 Å². The van der Waals surface area contributed by atoms with E-state index in [1.165, 1.54) is 37.7 Å². The van der Waals surface area contributed by atoms with Crippen LogP contribution >= 0.6 is 0 Å². The smallest absolute Gasteiger partial charge is 0.225 e. The number of hydrogen-bond acceptors (Lipinski definition) is 4. The highest BCUT2D eigenvalue weighted by Gasteiger charge is 2.23. The maximum absolute atomic E-state index is 5.71. The van der Waals surface area contributed by atoms with Crippen LogP contribution in [0.3, 0.4) is 0 Å². The number of nitrogens with zero attached hydrogens (tertiary/aromatic N) is 3. The number of aromatic nitrogens is 2. The molecule has 4 heteroatoms. The molecule has 0 bridgehead atoms. The first-order valence-electron chi connectivity index (χ1n) is 7.14. The van der Waals surface area contributed by atoms with Crippen molar-refractivity contribution in [3.8, 4) is 0 Å². The Morgan fingerprint density at radius 1 is 1.17 bits per heavy atom.